The number of hydrogen-bond donors (Lipinski definition) is 1. The summed E-state index contributed by atoms with van der Waals surface area (Å²) in [6.45, 7) is 3.60. The Kier molecular flexibility index (Phi) is 6.51. The Morgan fingerprint density at radius 1 is 1.12 bits per heavy atom. The second kappa shape index (κ2) is 8.83. The van der Waals surface area contributed by atoms with E-state index in [0.29, 0.717) is 5.52 Å². The fourth-order valence-electron chi connectivity index (χ4n) is 3.45. The van der Waals surface area contributed by atoms with E-state index in [1.54, 1.807) is 36.5 Å². The third kappa shape index (κ3) is 4.89. The molecule has 11 heteroatoms. The zero-order valence-electron chi connectivity index (χ0n) is 17.2. The number of rotatable bonds is 2. The summed E-state index contributed by atoms with van der Waals surface area (Å²) in [5.41, 5.74) is 1.71. The molecule has 0 aliphatic carbocycles. The van der Waals surface area contributed by atoms with Gasteiger partial charge in [0.1, 0.15) is 11.9 Å². The van der Waals surface area contributed by atoms with Crippen LogP contribution in [0.15, 0.2) is 59.6 Å². The van der Waals surface area contributed by atoms with Gasteiger partial charge in [-0.15, -0.1) is 0 Å². The van der Waals surface area contributed by atoms with E-state index in [-0.39, 0.29) is 11.0 Å². The third-order valence-electron chi connectivity index (χ3n) is 4.77. The Bertz CT molecular complexity index is 1220. The molecule has 172 valence electrons. The van der Waals surface area contributed by atoms with Crippen LogP contribution < -0.4 is 4.74 Å². The Hall–Kier alpha value is -3.05. The highest BCUT2D eigenvalue weighted by atomic mass is 32.2. The number of benzene rings is 2. The molecule has 0 spiro atoms. The van der Waals surface area contributed by atoms with Gasteiger partial charge in [0.25, 0.3) is 10.0 Å². The molecule has 0 fully saturated rings. The molecule has 0 amide bonds. The maximum absolute atomic E-state index is 13.0. The maximum Gasteiger partial charge on any atom is 0.490 e. The summed E-state index contributed by atoms with van der Waals surface area (Å²) < 4.78 is 65.1. The summed E-state index contributed by atoms with van der Waals surface area (Å²) in [6.07, 6.45) is -3.36. The van der Waals surface area contributed by atoms with Crippen molar-refractivity contribution in [2.24, 2.45) is 0 Å². The molecule has 1 aromatic heterocycles. The van der Waals surface area contributed by atoms with Crippen LogP contribution in [-0.4, -0.2) is 54.2 Å². The molecule has 0 radical (unpaired) electrons. The highest BCUT2D eigenvalue weighted by Gasteiger charge is 2.38. The van der Waals surface area contributed by atoms with Gasteiger partial charge in [-0.25, -0.2) is 17.2 Å². The van der Waals surface area contributed by atoms with Crippen LogP contribution in [0, 0.1) is 0 Å². The largest absolute Gasteiger partial charge is 0.490 e. The summed E-state index contributed by atoms with van der Waals surface area (Å²) >= 11 is 0. The van der Waals surface area contributed by atoms with Crippen LogP contribution in [0.3, 0.4) is 0 Å². The van der Waals surface area contributed by atoms with Crippen molar-refractivity contribution in [2.45, 2.75) is 30.6 Å². The number of aromatic nitrogens is 1. The van der Waals surface area contributed by atoms with E-state index in [2.05, 4.69) is 4.90 Å². The van der Waals surface area contributed by atoms with Crippen LogP contribution >= 0.6 is 0 Å². The van der Waals surface area contributed by atoms with E-state index in [4.69, 9.17) is 14.6 Å². The third-order valence-corrected chi connectivity index (χ3v) is 6.48. The average molecular weight is 470 g/mol. The molecule has 3 aromatic rings. The van der Waals surface area contributed by atoms with E-state index in [0.717, 1.165) is 29.8 Å². The van der Waals surface area contributed by atoms with Crippen LogP contribution in [-0.2, 0) is 21.4 Å². The molecule has 1 atom stereocenters. The van der Waals surface area contributed by atoms with Gasteiger partial charge in [0.05, 0.1) is 10.4 Å². The maximum atomic E-state index is 13.0. The molecular weight excluding hydrogens is 449 g/mol. The molecule has 0 saturated carbocycles. The van der Waals surface area contributed by atoms with Gasteiger partial charge in [0.15, 0.2) is 0 Å². The summed E-state index contributed by atoms with van der Waals surface area (Å²) in [4.78, 5) is 11.4. The smallest absolute Gasteiger partial charge is 0.489 e. The first-order chi connectivity index (χ1) is 14.9. The number of likely N-dealkylation sites (N-methyl/N-ethyl adjacent to an activating group) is 1. The fraction of sp³-hybridized carbons (Fsp3) is 0.286. The molecule has 0 saturated heterocycles. The number of ether oxygens (including phenoxy) is 1. The van der Waals surface area contributed by atoms with Crippen LogP contribution in [0.1, 0.15) is 12.5 Å². The Labute approximate surface area is 182 Å². The van der Waals surface area contributed by atoms with Crippen molar-refractivity contribution in [1.29, 1.82) is 0 Å². The second-order valence-electron chi connectivity index (χ2n) is 7.33. The van der Waals surface area contributed by atoms with Gasteiger partial charge >= 0.3 is 12.1 Å². The number of nitrogens with zero attached hydrogens (tertiary/aromatic N) is 2. The van der Waals surface area contributed by atoms with Crippen molar-refractivity contribution in [3.8, 4) is 5.75 Å². The summed E-state index contributed by atoms with van der Waals surface area (Å²) in [6, 6.07) is 14.1. The van der Waals surface area contributed by atoms with E-state index in [1.807, 2.05) is 32.2 Å². The van der Waals surface area contributed by atoms with Crippen molar-refractivity contribution in [3.63, 3.8) is 0 Å². The van der Waals surface area contributed by atoms with Crippen molar-refractivity contribution in [1.82, 2.24) is 8.87 Å². The molecule has 32 heavy (non-hydrogen) atoms. The first-order valence-corrected chi connectivity index (χ1v) is 10.9. The molecule has 1 aliphatic heterocycles. The molecule has 4 rings (SSSR count). The van der Waals surface area contributed by atoms with Gasteiger partial charge in [-0.05, 0) is 44.3 Å². The van der Waals surface area contributed by atoms with Crippen molar-refractivity contribution in [2.75, 3.05) is 13.6 Å². The normalized spacial score (nSPS) is 17.0. The zero-order chi connectivity index (χ0) is 23.7. The summed E-state index contributed by atoms with van der Waals surface area (Å²) in [5, 5.41) is 8.04. The minimum absolute atomic E-state index is 0.0961. The number of carbonyl (C=O) groups is 1. The lowest BCUT2D eigenvalue weighted by atomic mass is 10.1. The van der Waals surface area contributed by atoms with Crippen molar-refractivity contribution in [3.05, 3.63) is 60.3 Å². The Morgan fingerprint density at radius 3 is 2.34 bits per heavy atom. The zero-order valence-corrected chi connectivity index (χ0v) is 18.0. The number of carboxylic acids is 1. The standard InChI is InChI=1S/C19H20N2O3S.C2HF3O2/c1-14-12-20(2)13-17-16-10-11-21(18(16)8-9-19(17)24-14)25(22,23)15-6-4-3-5-7-15;3-2(4,5)1(6)7/h3-11,14H,12-13H2,1-2H3;(H,6,7). The van der Waals surface area contributed by atoms with E-state index in [1.165, 1.54) is 3.97 Å². The number of alkyl halides is 3. The lowest BCUT2D eigenvalue weighted by Gasteiger charge is -2.15. The van der Waals surface area contributed by atoms with Gasteiger partial charge in [0, 0.05) is 30.2 Å². The Morgan fingerprint density at radius 2 is 1.75 bits per heavy atom. The quantitative estimate of drug-likeness (QED) is 0.614. The topological polar surface area (TPSA) is 88.8 Å². The number of hydrogen-bond acceptors (Lipinski definition) is 5. The lowest BCUT2D eigenvalue weighted by Crippen LogP contribution is -2.27. The minimum Gasteiger partial charge on any atom is -0.489 e. The molecule has 2 heterocycles. The highest BCUT2D eigenvalue weighted by molar-refractivity contribution is 7.90. The van der Waals surface area contributed by atoms with Crippen LogP contribution in [0.5, 0.6) is 5.75 Å². The molecule has 1 N–H and O–H groups in total. The Balaban J connectivity index is 0.000000360. The lowest BCUT2D eigenvalue weighted by molar-refractivity contribution is -0.192. The summed E-state index contributed by atoms with van der Waals surface area (Å²) in [7, 11) is -1.57. The molecule has 7 nitrogen and oxygen atoms in total. The molecule has 0 bridgehead atoms. The average Bonchev–Trinajstić information content (AvgIpc) is 3.09. The van der Waals surface area contributed by atoms with E-state index >= 15 is 0 Å². The highest BCUT2D eigenvalue weighted by Crippen LogP contribution is 2.33. The van der Waals surface area contributed by atoms with Crippen LogP contribution in [0.4, 0.5) is 13.2 Å². The van der Waals surface area contributed by atoms with Gasteiger partial charge < -0.3 is 9.84 Å². The second-order valence-corrected chi connectivity index (χ2v) is 9.15. The van der Waals surface area contributed by atoms with E-state index in [9.17, 15) is 21.6 Å². The predicted octanol–water partition coefficient (Wildman–Crippen LogP) is 3.72. The monoisotopic (exact) mass is 470 g/mol. The van der Waals surface area contributed by atoms with Crippen molar-refractivity contribution >= 4 is 26.9 Å². The summed E-state index contributed by atoms with van der Waals surface area (Å²) in [5.74, 6) is -1.92. The first kappa shape index (κ1) is 23.6. The van der Waals surface area contributed by atoms with Gasteiger partial charge in [0.2, 0.25) is 0 Å². The molecule has 1 unspecified atom stereocenters. The fourth-order valence-corrected chi connectivity index (χ4v) is 4.82. The van der Waals surface area contributed by atoms with E-state index < -0.39 is 22.2 Å². The SMILES string of the molecule is CC1CN(C)Cc2c(ccc3c2ccn3S(=O)(=O)c2ccccc2)O1.O=C(O)C(F)(F)F. The van der Waals surface area contributed by atoms with Crippen LogP contribution in [0.2, 0.25) is 0 Å². The number of aliphatic carboxylic acids is 1. The number of fused-ring (bicyclic) bond motifs is 3. The predicted molar refractivity (Wildman–Crippen MR) is 111 cm³/mol. The van der Waals surface area contributed by atoms with Gasteiger partial charge in [-0.1, -0.05) is 18.2 Å². The van der Waals surface area contributed by atoms with Gasteiger partial charge in [-0.3, -0.25) is 4.90 Å². The molecule has 2 aromatic carbocycles. The van der Waals surface area contributed by atoms with Crippen molar-refractivity contribution < 1.29 is 36.2 Å². The number of carboxylic acid groups (broad SMARTS) is 1. The minimum atomic E-state index is -5.08. The van der Waals surface area contributed by atoms with Gasteiger partial charge in [-0.2, -0.15) is 13.2 Å². The first-order valence-electron chi connectivity index (χ1n) is 9.50. The molecular formula is C21H21F3N2O5S. The number of halogens is 3. The molecule has 1 aliphatic rings. The van der Waals surface area contributed by atoms with Crippen LogP contribution in [0.25, 0.3) is 10.9 Å².